The van der Waals surface area contributed by atoms with Crippen molar-refractivity contribution < 1.29 is 4.39 Å². The number of fused-ring (bicyclic) bond motifs is 2. The van der Waals surface area contributed by atoms with Gasteiger partial charge >= 0.3 is 0 Å². The van der Waals surface area contributed by atoms with E-state index in [-0.39, 0.29) is 5.82 Å². The van der Waals surface area contributed by atoms with E-state index in [1.807, 2.05) is 42.2 Å². The maximum absolute atomic E-state index is 13.3. The molecule has 0 aliphatic rings. The van der Waals surface area contributed by atoms with Crippen LogP contribution in [0.2, 0.25) is 0 Å². The van der Waals surface area contributed by atoms with E-state index in [0.29, 0.717) is 6.54 Å². The molecule has 0 radical (unpaired) electrons. The first kappa shape index (κ1) is 12.1. The van der Waals surface area contributed by atoms with Crippen molar-refractivity contribution in [1.29, 1.82) is 0 Å². The van der Waals surface area contributed by atoms with Crippen molar-refractivity contribution in [2.75, 3.05) is 0 Å². The summed E-state index contributed by atoms with van der Waals surface area (Å²) in [4.78, 5) is 0. The van der Waals surface area contributed by atoms with E-state index in [4.69, 9.17) is 0 Å². The number of aromatic nitrogens is 3. The molecular weight excluding hydrogens is 265 g/mol. The third-order valence-electron chi connectivity index (χ3n) is 3.89. The zero-order chi connectivity index (χ0) is 14.4. The molecule has 21 heavy (non-hydrogen) atoms. The summed E-state index contributed by atoms with van der Waals surface area (Å²) in [7, 11) is 1.95. The summed E-state index contributed by atoms with van der Waals surface area (Å²) in [6.45, 7) is 0.677. The van der Waals surface area contributed by atoms with Crippen LogP contribution in [0.5, 0.6) is 0 Å². The Morgan fingerprint density at radius 2 is 1.90 bits per heavy atom. The third kappa shape index (κ3) is 1.91. The lowest BCUT2D eigenvalue weighted by atomic mass is 10.2. The van der Waals surface area contributed by atoms with Gasteiger partial charge in [0.05, 0.1) is 17.8 Å². The highest BCUT2D eigenvalue weighted by molar-refractivity contribution is 5.83. The summed E-state index contributed by atoms with van der Waals surface area (Å²) in [5.74, 6) is -0.205. The summed E-state index contributed by atoms with van der Waals surface area (Å²) in [6.07, 6.45) is 1.98. The molecule has 2 aromatic heterocycles. The fourth-order valence-corrected chi connectivity index (χ4v) is 2.88. The Hall–Kier alpha value is -2.62. The molecule has 0 spiro atoms. The number of para-hydroxylation sites is 1. The maximum Gasteiger partial charge on any atom is 0.123 e. The number of rotatable bonds is 2. The zero-order valence-electron chi connectivity index (χ0n) is 11.6. The molecule has 0 amide bonds. The lowest BCUT2D eigenvalue weighted by molar-refractivity contribution is 0.629. The van der Waals surface area contributed by atoms with Crippen molar-refractivity contribution in [1.82, 2.24) is 14.3 Å². The van der Waals surface area contributed by atoms with Crippen molar-refractivity contribution in [3.05, 3.63) is 66.2 Å². The number of halogens is 1. The van der Waals surface area contributed by atoms with Gasteiger partial charge in [0.15, 0.2) is 0 Å². The van der Waals surface area contributed by atoms with Crippen LogP contribution in [0.25, 0.3) is 21.8 Å². The van der Waals surface area contributed by atoms with Crippen LogP contribution in [-0.4, -0.2) is 14.3 Å². The predicted molar refractivity (Wildman–Crippen MR) is 81.7 cm³/mol. The third-order valence-corrected chi connectivity index (χ3v) is 3.89. The van der Waals surface area contributed by atoms with Crippen molar-refractivity contribution in [3.8, 4) is 0 Å². The molecule has 2 aromatic carbocycles. The van der Waals surface area contributed by atoms with Crippen LogP contribution in [0.3, 0.4) is 0 Å². The predicted octanol–water partition coefficient (Wildman–Crippen LogP) is 3.72. The molecule has 104 valence electrons. The van der Waals surface area contributed by atoms with Crippen LogP contribution < -0.4 is 0 Å². The maximum atomic E-state index is 13.3. The minimum absolute atomic E-state index is 0.205. The molecule has 0 unspecified atom stereocenters. The molecular formula is C17H14FN3. The van der Waals surface area contributed by atoms with E-state index in [0.717, 1.165) is 27.5 Å². The Kier molecular flexibility index (Phi) is 2.57. The van der Waals surface area contributed by atoms with E-state index in [2.05, 4.69) is 21.8 Å². The van der Waals surface area contributed by atoms with Crippen LogP contribution in [0, 0.1) is 5.82 Å². The highest BCUT2D eigenvalue weighted by Gasteiger charge is 2.10. The second-order valence-corrected chi connectivity index (χ2v) is 5.23. The highest BCUT2D eigenvalue weighted by atomic mass is 19.1. The summed E-state index contributed by atoms with van der Waals surface area (Å²) >= 11 is 0. The molecule has 3 nitrogen and oxygen atoms in total. The van der Waals surface area contributed by atoms with Gasteiger partial charge in [-0.25, -0.2) is 4.39 Å². The van der Waals surface area contributed by atoms with Gasteiger partial charge in [0, 0.05) is 29.5 Å². The Labute approximate surface area is 121 Å². The average Bonchev–Trinajstić information content (AvgIpc) is 3.02. The molecule has 4 aromatic rings. The van der Waals surface area contributed by atoms with Crippen LogP contribution in [-0.2, 0) is 13.6 Å². The van der Waals surface area contributed by atoms with Crippen molar-refractivity contribution >= 4 is 21.8 Å². The number of hydrogen-bond acceptors (Lipinski definition) is 1. The molecule has 0 saturated heterocycles. The summed E-state index contributed by atoms with van der Waals surface area (Å²) in [6, 6.07) is 15.0. The molecule has 0 aliphatic heterocycles. The fourth-order valence-electron chi connectivity index (χ4n) is 2.88. The number of aryl methyl sites for hydroxylation is 1. The first-order chi connectivity index (χ1) is 10.2. The Morgan fingerprint density at radius 1 is 1.05 bits per heavy atom. The van der Waals surface area contributed by atoms with E-state index in [1.54, 1.807) is 6.07 Å². The molecule has 0 aliphatic carbocycles. The Bertz CT molecular complexity index is 949. The van der Waals surface area contributed by atoms with Crippen molar-refractivity contribution in [2.45, 2.75) is 6.54 Å². The molecule has 0 N–H and O–H groups in total. The lowest BCUT2D eigenvalue weighted by Crippen LogP contribution is -2.00. The molecule has 4 rings (SSSR count). The van der Waals surface area contributed by atoms with Crippen LogP contribution in [0.4, 0.5) is 4.39 Å². The standard InChI is InChI=1S/C17H14FN3/c1-20-17-5-3-2-4-14(17)15(19-20)11-21-9-8-12-10-13(18)6-7-16(12)21/h2-10H,11H2,1H3. The van der Waals surface area contributed by atoms with Crippen LogP contribution in [0.1, 0.15) is 5.69 Å². The largest absolute Gasteiger partial charge is 0.341 e. The molecule has 0 fully saturated rings. The van der Waals surface area contributed by atoms with Crippen molar-refractivity contribution in [2.24, 2.45) is 7.05 Å². The van der Waals surface area contributed by atoms with E-state index in [1.165, 1.54) is 6.07 Å². The van der Waals surface area contributed by atoms with Gasteiger partial charge < -0.3 is 4.57 Å². The van der Waals surface area contributed by atoms with E-state index in [9.17, 15) is 4.39 Å². The van der Waals surface area contributed by atoms with Gasteiger partial charge in [-0.1, -0.05) is 18.2 Å². The Morgan fingerprint density at radius 3 is 2.81 bits per heavy atom. The van der Waals surface area contributed by atoms with E-state index < -0.39 is 0 Å². The van der Waals surface area contributed by atoms with Crippen LogP contribution in [0.15, 0.2) is 54.7 Å². The summed E-state index contributed by atoms with van der Waals surface area (Å²) in [5.41, 5.74) is 3.16. The van der Waals surface area contributed by atoms with Gasteiger partial charge in [0.2, 0.25) is 0 Å². The SMILES string of the molecule is Cn1nc(Cn2ccc3cc(F)ccc32)c2ccccc21. The molecule has 0 bridgehead atoms. The quantitative estimate of drug-likeness (QED) is 0.548. The second kappa shape index (κ2) is 4.45. The number of benzene rings is 2. The van der Waals surface area contributed by atoms with Gasteiger partial charge in [-0.3, -0.25) is 4.68 Å². The summed E-state index contributed by atoms with van der Waals surface area (Å²) in [5, 5.41) is 6.68. The zero-order valence-corrected chi connectivity index (χ0v) is 11.6. The second-order valence-electron chi connectivity index (χ2n) is 5.23. The monoisotopic (exact) mass is 279 g/mol. The fraction of sp³-hybridized carbons (Fsp3) is 0.118. The van der Waals surface area contributed by atoms with E-state index >= 15 is 0 Å². The van der Waals surface area contributed by atoms with Gasteiger partial charge in [0.25, 0.3) is 0 Å². The van der Waals surface area contributed by atoms with Crippen LogP contribution >= 0.6 is 0 Å². The normalized spacial score (nSPS) is 11.5. The Balaban J connectivity index is 1.83. The minimum atomic E-state index is -0.205. The van der Waals surface area contributed by atoms with Gasteiger partial charge in [-0.05, 0) is 30.3 Å². The van der Waals surface area contributed by atoms with Crippen molar-refractivity contribution in [3.63, 3.8) is 0 Å². The number of nitrogens with zero attached hydrogens (tertiary/aromatic N) is 3. The average molecular weight is 279 g/mol. The van der Waals surface area contributed by atoms with Gasteiger partial charge in [-0.15, -0.1) is 0 Å². The molecule has 0 saturated carbocycles. The van der Waals surface area contributed by atoms with Gasteiger partial charge in [0.1, 0.15) is 5.82 Å². The van der Waals surface area contributed by atoms with Gasteiger partial charge in [-0.2, -0.15) is 5.10 Å². The lowest BCUT2D eigenvalue weighted by Gasteiger charge is -2.03. The first-order valence-corrected chi connectivity index (χ1v) is 6.87. The summed E-state index contributed by atoms with van der Waals surface area (Å²) < 4.78 is 17.3. The smallest absolute Gasteiger partial charge is 0.123 e. The highest BCUT2D eigenvalue weighted by Crippen LogP contribution is 2.22. The minimum Gasteiger partial charge on any atom is -0.341 e. The molecule has 4 heteroatoms. The topological polar surface area (TPSA) is 22.8 Å². The first-order valence-electron chi connectivity index (χ1n) is 6.87. The molecule has 0 atom stereocenters. The number of hydrogen-bond donors (Lipinski definition) is 0. The molecule has 2 heterocycles.